The van der Waals surface area contributed by atoms with Gasteiger partial charge >= 0.3 is 0 Å². The average Bonchev–Trinajstić information content (AvgIpc) is 2.52. The van der Waals surface area contributed by atoms with E-state index in [2.05, 4.69) is 0 Å². The molecule has 0 saturated heterocycles. The lowest BCUT2D eigenvalue weighted by atomic mass is 10.0. The molecule has 3 nitrogen and oxygen atoms in total. The second kappa shape index (κ2) is 18.3. The summed E-state index contributed by atoms with van der Waals surface area (Å²) in [6, 6.07) is 0. The molecule has 0 aliphatic rings. The summed E-state index contributed by atoms with van der Waals surface area (Å²) >= 11 is 0. The van der Waals surface area contributed by atoms with Crippen LogP contribution in [-0.2, 0) is 9.59 Å². The third-order valence-corrected chi connectivity index (χ3v) is 4.22. The highest BCUT2D eigenvalue weighted by Gasteiger charge is 2.03. The van der Waals surface area contributed by atoms with Gasteiger partial charge in [-0.15, -0.1) is 0 Å². The summed E-state index contributed by atoms with van der Waals surface area (Å²) in [6.45, 7) is 0. The van der Waals surface area contributed by atoms with Gasteiger partial charge in [-0.05, 0) is 25.7 Å². The molecule has 0 aromatic rings. The molecule has 0 radical (unpaired) electrons. The maximum atomic E-state index is 10.2. The summed E-state index contributed by atoms with van der Waals surface area (Å²) in [6.07, 6.45) is 19.1. The first-order valence-corrected chi connectivity index (χ1v) is 9.36. The van der Waals surface area contributed by atoms with Crippen molar-refractivity contribution < 1.29 is 14.7 Å². The molecule has 3 heteroatoms. The van der Waals surface area contributed by atoms with Gasteiger partial charge in [0.15, 0.2) is 0 Å². The Balaban J connectivity index is 3.14. The van der Waals surface area contributed by atoms with Gasteiger partial charge in [-0.1, -0.05) is 64.2 Å². The molecule has 22 heavy (non-hydrogen) atoms. The van der Waals surface area contributed by atoms with E-state index in [9.17, 15) is 14.7 Å². The van der Waals surface area contributed by atoms with E-state index in [1.807, 2.05) is 0 Å². The van der Waals surface area contributed by atoms with Crippen molar-refractivity contribution in [2.75, 3.05) is 0 Å². The highest BCUT2D eigenvalue weighted by Crippen LogP contribution is 2.14. The molecule has 0 bridgehead atoms. The van der Waals surface area contributed by atoms with E-state index in [0.29, 0.717) is 12.8 Å². The van der Waals surface area contributed by atoms with Crippen molar-refractivity contribution in [2.24, 2.45) is 0 Å². The fourth-order valence-electron chi connectivity index (χ4n) is 2.77. The molecule has 0 fully saturated rings. The maximum Gasteiger partial charge on any atom is 0.119 e. The van der Waals surface area contributed by atoms with Crippen LogP contribution in [0.3, 0.4) is 0 Å². The fraction of sp³-hybridized carbons (Fsp3) is 0.895. The first kappa shape index (κ1) is 21.3. The van der Waals surface area contributed by atoms with Gasteiger partial charge < -0.3 is 14.7 Å². The molecule has 0 rings (SSSR count). The van der Waals surface area contributed by atoms with E-state index in [4.69, 9.17) is 0 Å². The van der Waals surface area contributed by atoms with E-state index >= 15 is 0 Å². The quantitative estimate of drug-likeness (QED) is 0.287. The minimum Gasteiger partial charge on any atom is -0.393 e. The van der Waals surface area contributed by atoms with Crippen molar-refractivity contribution in [3.8, 4) is 0 Å². The lowest BCUT2D eigenvalue weighted by Crippen LogP contribution is -2.05. The number of carbonyl (C=O) groups is 2. The molecule has 0 aliphatic carbocycles. The molecular weight excluding hydrogens is 276 g/mol. The Morgan fingerprint density at radius 1 is 0.545 bits per heavy atom. The predicted molar refractivity (Wildman–Crippen MR) is 92.0 cm³/mol. The number of aliphatic hydroxyl groups is 1. The van der Waals surface area contributed by atoms with Crippen LogP contribution >= 0.6 is 0 Å². The Bertz CT molecular complexity index is 217. The molecule has 130 valence electrons. The fourth-order valence-corrected chi connectivity index (χ4v) is 2.77. The van der Waals surface area contributed by atoms with Crippen LogP contribution in [0.15, 0.2) is 0 Å². The minimum absolute atomic E-state index is 0.120. The summed E-state index contributed by atoms with van der Waals surface area (Å²) in [5.74, 6) is 0. The van der Waals surface area contributed by atoms with Crippen molar-refractivity contribution in [3.63, 3.8) is 0 Å². The molecular formula is C19H36O3. The Hall–Kier alpha value is -0.700. The number of hydrogen-bond donors (Lipinski definition) is 1. The summed E-state index contributed by atoms with van der Waals surface area (Å²) in [4.78, 5) is 20.3. The van der Waals surface area contributed by atoms with Crippen LogP contribution in [0, 0.1) is 0 Å². The minimum atomic E-state index is -0.120. The van der Waals surface area contributed by atoms with Crippen molar-refractivity contribution in [3.05, 3.63) is 0 Å². The molecule has 0 aliphatic heterocycles. The molecule has 1 N–H and O–H groups in total. The van der Waals surface area contributed by atoms with E-state index in [0.717, 1.165) is 63.9 Å². The zero-order valence-corrected chi connectivity index (χ0v) is 14.3. The normalized spacial score (nSPS) is 11.0. The monoisotopic (exact) mass is 312 g/mol. The topological polar surface area (TPSA) is 54.4 Å². The van der Waals surface area contributed by atoms with Gasteiger partial charge in [0, 0.05) is 12.8 Å². The predicted octanol–water partition coefficient (Wildman–Crippen LogP) is 4.99. The van der Waals surface area contributed by atoms with Crippen molar-refractivity contribution in [1.82, 2.24) is 0 Å². The highest BCUT2D eigenvalue weighted by molar-refractivity contribution is 5.49. The summed E-state index contributed by atoms with van der Waals surface area (Å²) in [5, 5.41) is 9.92. The van der Waals surface area contributed by atoms with E-state index in [-0.39, 0.29) is 6.10 Å². The number of aliphatic hydroxyl groups excluding tert-OH is 1. The molecule has 0 amide bonds. The number of aldehydes is 2. The summed E-state index contributed by atoms with van der Waals surface area (Å²) < 4.78 is 0. The van der Waals surface area contributed by atoms with E-state index in [1.54, 1.807) is 0 Å². The SMILES string of the molecule is O=CCCCCCCCCC(O)CCCCCCCCC=O. The molecule has 0 spiro atoms. The summed E-state index contributed by atoms with van der Waals surface area (Å²) in [7, 11) is 0. The maximum absolute atomic E-state index is 10.2. The number of hydrogen-bond acceptors (Lipinski definition) is 3. The third-order valence-electron chi connectivity index (χ3n) is 4.22. The Labute approximate surface area is 136 Å². The zero-order valence-electron chi connectivity index (χ0n) is 14.3. The first-order valence-electron chi connectivity index (χ1n) is 9.36. The second-order valence-corrected chi connectivity index (χ2v) is 6.38. The van der Waals surface area contributed by atoms with Crippen LogP contribution in [0.4, 0.5) is 0 Å². The van der Waals surface area contributed by atoms with Gasteiger partial charge in [-0.3, -0.25) is 0 Å². The Morgan fingerprint density at radius 2 is 0.864 bits per heavy atom. The van der Waals surface area contributed by atoms with E-state index < -0.39 is 0 Å². The van der Waals surface area contributed by atoms with E-state index in [1.165, 1.54) is 38.5 Å². The highest BCUT2D eigenvalue weighted by atomic mass is 16.3. The lowest BCUT2D eigenvalue weighted by Gasteiger charge is -2.10. The lowest BCUT2D eigenvalue weighted by molar-refractivity contribution is -0.108. The Kier molecular flexibility index (Phi) is 17.8. The largest absolute Gasteiger partial charge is 0.393 e. The van der Waals surface area contributed by atoms with Crippen LogP contribution in [0.25, 0.3) is 0 Å². The molecule has 0 heterocycles. The van der Waals surface area contributed by atoms with Crippen molar-refractivity contribution >= 4 is 12.6 Å². The first-order chi connectivity index (χ1) is 10.8. The molecule has 0 aromatic carbocycles. The molecule has 0 atom stereocenters. The third kappa shape index (κ3) is 17.4. The summed E-state index contributed by atoms with van der Waals surface area (Å²) in [5.41, 5.74) is 0. The van der Waals surface area contributed by atoms with Gasteiger partial charge in [0.1, 0.15) is 12.6 Å². The van der Waals surface area contributed by atoms with Gasteiger partial charge in [0.25, 0.3) is 0 Å². The molecule has 0 unspecified atom stereocenters. The van der Waals surface area contributed by atoms with Crippen LogP contribution < -0.4 is 0 Å². The standard InChI is InChI=1S/C19H36O3/c20-17-13-9-5-1-3-7-11-15-19(22)16-12-8-4-2-6-10-14-18-21/h17-19,22H,1-16H2. The number of rotatable bonds is 18. The van der Waals surface area contributed by atoms with Crippen molar-refractivity contribution in [2.45, 2.75) is 109 Å². The Morgan fingerprint density at radius 3 is 1.23 bits per heavy atom. The van der Waals surface area contributed by atoms with Crippen LogP contribution in [0.1, 0.15) is 103 Å². The smallest absolute Gasteiger partial charge is 0.119 e. The average molecular weight is 312 g/mol. The van der Waals surface area contributed by atoms with Gasteiger partial charge in [0.05, 0.1) is 6.10 Å². The number of carbonyl (C=O) groups excluding carboxylic acids is 2. The molecule has 0 aromatic heterocycles. The van der Waals surface area contributed by atoms with Crippen LogP contribution in [-0.4, -0.2) is 23.8 Å². The van der Waals surface area contributed by atoms with Gasteiger partial charge in [0.2, 0.25) is 0 Å². The number of unbranched alkanes of at least 4 members (excludes halogenated alkanes) is 12. The molecule has 0 saturated carbocycles. The van der Waals surface area contributed by atoms with Crippen LogP contribution in [0.2, 0.25) is 0 Å². The second-order valence-electron chi connectivity index (χ2n) is 6.38. The van der Waals surface area contributed by atoms with Crippen molar-refractivity contribution in [1.29, 1.82) is 0 Å². The van der Waals surface area contributed by atoms with Crippen LogP contribution in [0.5, 0.6) is 0 Å². The van der Waals surface area contributed by atoms with Gasteiger partial charge in [-0.25, -0.2) is 0 Å². The zero-order chi connectivity index (χ0) is 16.3. The van der Waals surface area contributed by atoms with Gasteiger partial charge in [-0.2, -0.15) is 0 Å².